The molecule has 4 unspecified atom stereocenters. The summed E-state index contributed by atoms with van der Waals surface area (Å²) in [7, 11) is -3.02. The third-order valence-corrected chi connectivity index (χ3v) is 17.4. The molecule has 2 aromatic rings. The van der Waals surface area contributed by atoms with Gasteiger partial charge in [0.1, 0.15) is 11.5 Å². The SMILES string of the molecule is CCCCCCCCCCCCCCC(CCC)C(Cc1cc(C(C)(C)C)c(OP(F)Oc2c(C(C)(C)C)cc(CC(C(=O)O)C(CCC)CCCCCCCCCCCCCC)cc2C(C)(C)C)c(C(C)(C)C)c1)C(=O)O. The van der Waals surface area contributed by atoms with E-state index in [-0.39, 0.29) is 11.8 Å². The maximum absolute atomic E-state index is 17.3. The highest BCUT2D eigenvalue weighted by molar-refractivity contribution is 7.42. The molecule has 0 aliphatic rings. The smallest absolute Gasteiger partial charge is 0.481 e. The van der Waals surface area contributed by atoms with Crippen LogP contribution in [0.25, 0.3) is 0 Å². The fraction of sp³-hybridized carbons (Fsp3) is 0.800. The van der Waals surface area contributed by atoms with Crippen molar-refractivity contribution in [3.63, 3.8) is 0 Å². The van der Waals surface area contributed by atoms with Gasteiger partial charge in [0.15, 0.2) is 0 Å². The fourth-order valence-electron chi connectivity index (χ4n) is 11.9. The van der Waals surface area contributed by atoms with Crippen LogP contribution in [0.2, 0.25) is 0 Å². The van der Waals surface area contributed by atoms with E-state index in [1.54, 1.807) is 0 Å². The Balaban J connectivity index is 2.43. The molecular formula is C70H122FO6P. The van der Waals surface area contributed by atoms with Crippen LogP contribution in [0.3, 0.4) is 0 Å². The average Bonchev–Trinajstić information content (AvgIpc) is 3.35. The topological polar surface area (TPSA) is 93.1 Å². The molecule has 0 bridgehead atoms. The minimum absolute atomic E-state index is 0.0760. The van der Waals surface area contributed by atoms with Crippen LogP contribution in [0.15, 0.2) is 24.3 Å². The number of rotatable bonds is 42. The van der Waals surface area contributed by atoms with Crippen LogP contribution in [0.4, 0.5) is 4.20 Å². The number of halogens is 1. The molecule has 0 saturated heterocycles. The Morgan fingerprint density at radius 1 is 0.397 bits per heavy atom. The molecule has 2 aromatic carbocycles. The molecule has 450 valence electrons. The standard InChI is InChI=1S/C70H122FO6P/c1-17-21-23-25-27-29-31-33-35-37-39-41-45-55(43-19-3)57(65(72)73)47-53-49-59(67(5,6)7)63(60(50-53)68(8,9)10)76-78(71)77-64-61(69(11,12)13)51-54(52-62(64)70(14,15)16)48-58(66(74)75)56(44-20-4)46-42-40-38-36-34-32-30-28-26-24-22-18-2/h49-52,55-58H,17-48H2,1-16H3,(H,72,73)(H,74,75). The first-order valence-electron chi connectivity index (χ1n) is 32.3. The number of benzene rings is 2. The Morgan fingerprint density at radius 2 is 0.628 bits per heavy atom. The van der Waals surface area contributed by atoms with Crippen molar-refractivity contribution in [2.75, 3.05) is 0 Å². The van der Waals surface area contributed by atoms with Gasteiger partial charge in [-0.15, -0.1) is 4.20 Å². The third kappa shape index (κ3) is 26.9. The number of aliphatic carboxylic acids is 2. The maximum Gasteiger partial charge on any atom is 0.505 e. The van der Waals surface area contributed by atoms with Gasteiger partial charge in [-0.2, -0.15) is 0 Å². The molecule has 0 fully saturated rings. The molecule has 4 atom stereocenters. The van der Waals surface area contributed by atoms with Crippen LogP contribution in [0, 0.1) is 23.7 Å². The quantitative estimate of drug-likeness (QED) is 0.0508. The molecule has 0 aromatic heterocycles. The van der Waals surface area contributed by atoms with Crippen LogP contribution in [0.1, 0.15) is 337 Å². The van der Waals surface area contributed by atoms with Crippen molar-refractivity contribution in [1.29, 1.82) is 0 Å². The summed E-state index contributed by atoms with van der Waals surface area (Å²) < 4.78 is 30.4. The van der Waals surface area contributed by atoms with Crippen molar-refractivity contribution in [2.24, 2.45) is 23.7 Å². The fourth-order valence-corrected chi connectivity index (χ4v) is 12.7. The van der Waals surface area contributed by atoms with Gasteiger partial charge in [0.05, 0.1) is 11.8 Å². The molecule has 2 rings (SSSR count). The van der Waals surface area contributed by atoms with Gasteiger partial charge in [0.25, 0.3) is 0 Å². The molecule has 0 aliphatic heterocycles. The highest BCUT2D eigenvalue weighted by Gasteiger charge is 2.37. The maximum atomic E-state index is 17.3. The van der Waals surface area contributed by atoms with Crippen molar-refractivity contribution < 1.29 is 33.0 Å². The van der Waals surface area contributed by atoms with E-state index in [9.17, 15) is 19.8 Å². The molecule has 0 aliphatic carbocycles. The monoisotopic (exact) mass is 1110 g/mol. The molecule has 8 heteroatoms. The summed E-state index contributed by atoms with van der Waals surface area (Å²) in [6.45, 7) is 34.2. The summed E-state index contributed by atoms with van der Waals surface area (Å²) in [6.07, 6.45) is 37.0. The molecule has 0 saturated carbocycles. The number of carboxylic acid groups (broad SMARTS) is 2. The summed E-state index contributed by atoms with van der Waals surface area (Å²) in [5.74, 6) is -1.45. The van der Waals surface area contributed by atoms with Gasteiger partial charge in [0, 0.05) is 22.3 Å². The molecule has 0 spiro atoms. The number of unbranched alkanes of at least 4 members (excludes halogenated alkanes) is 22. The predicted octanol–water partition coefficient (Wildman–Crippen LogP) is 23.0. The molecule has 78 heavy (non-hydrogen) atoms. The normalized spacial score (nSPS) is 14.5. The van der Waals surface area contributed by atoms with Gasteiger partial charge in [0.2, 0.25) is 0 Å². The summed E-state index contributed by atoms with van der Waals surface area (Å²) in [6, 6.07) is 8.31. The first-order valence-corrected chi connectivity index (χ1v) is 33.4. The van der Waals surface area contributed by atoms with Gasteiger partial charge >= 0.3 is 20.6 Å². The molecule has 6 nitrogen and oxygen atoms in total. The van der Waals surface area contributed by atoms with Gasteiger partial charge in [-0.05, 0) is 83.1 Å². The zero-order valence-electron chi connectivity index (χ0n) is 53.6. The van der Waals surface area contributed by atoms with E-state index in [4.69, 9.17) is 9.05 Å². The number of hydrogen-bond acceptors (Lipinski definition) is 4. The van der Waals surface area contributed by atoms with Crippen molar-refractivity contribution in [2.45, 2.75) is 338 Å². The second-order valence-corrected chi connectivity index (χ2v) is 29.0. The van der Waals surface area contributed by atoms with E-state index in [1.807, 2.05) is 0 Å². The number of hydrogen-bond donors (Lipinski definition) is 2. The lowest BCUT2D eigenvalue weighted by Crippen LogP contribution is -2.27. The number of carboxylic acids is 2. The lowest BCUT2D eigenvalue weighted by atomic mass is 9.76. The van der Waals surface area contributed by atoms with Crippen molar-refractivity contribution in [3.05, 3.63) is 57.6 Å². The highest BCUT2D eigenvalue weighted by atomic mass is 31.2. The van der Waals surface area contributed by atoms with Crippen LogP contribution in [0.5, 0.6) is 11.5 Å². The lowest BCUT2D eigenvalue weighted by Gasteiger charge is -2.33. The Kier molecular flexibility index (Phi) is 33.6. The van der Waals surface area contributed by atoms with Crippen molar-refractivity contribution in [1.82, 2.24) is 0 Å². The van der Waals surface area contributed by atoms with E-state index in [0.717, 1.165) is 97.6 Å². The van der Waals surface area contributed by atoms with E-state index in [1.165, 1.54) is 128 Å². The molecule has 0 amide bonds. The van der Waals surface area contributed by atoms with Crippen LogP contribution in [-0.2, 0) is 44.1 Å². The third-order valence-electron chi connectivity index (χ3n) is 16.7. The number of carbonyl (C=O) groups is 2. The average molecular weight is 1110 g/mol. The van der Waals surface area contributed by atoms with Gasteiger partial charge in [-0.25, -0.2) is 0 Å². The van der Waals surface area contributed by atoms with E-state index in [2.05, 4.69) is 135 Å². The van der Waals surface area contributed by atoms with E-state index < -0.39 is 54.1 Å². The largest absolute Gasteiger partial charge is 0.505 e. The highest BCUT2D eigenvalue weighted by Crippen LogP contribution is 2.53. The minimum atomic E-state index is -3.02. The van der Waals surface area contributed by atoms with Crippen LogP contribution < -0.4 is 9.05 Å². The van der Waals surface area contributed by atoms with Crippen LogP contribution in [-0.4, -0.2) is 22.2 Å². The van der Waals surface area contributed by atoms with Crippen molar-refractivity contribution in [3.8, 4) is 11.5 Å². The Hall–Kier alpha value is -2.66. The minimum Gasteiger partial charge on any atom is -0.481 e. The molecule has 0 radical (unpaired) electrons. The van der Waals surface area contributed by atoms with Crippen molar-refractivity contribution >= 4 is 20.6 Å². The lowest BCUT2D eigenvalue weighted by molar-refractivity contribution is -0.145. The van der Waals surface area contributed by atoms with Crippen LogP contribution >= 0.6 is 8.69 Å². The van der Waals surface area contributed by atoms with Gasteiger partial charge in [-0.1, -0.05) is 302 Å². The van der Waals surface area contributed by atoms with E-state index in [0.29, 0.717) is 24.3 Å². The summed E-state index contributed by atoms with van der Waals surface area (Å²) in [5, 5.41) is 21.7. The van der Waals surface area contributed by atoms with Gasteiger partial charge < -0.3 is 19.3 Å². The Morgan fingerprint density at radius 3 is 0.833 bits per heavy atom. The summed E-state index contributed by atoms with van der Waals surface area (Å²) in [4.78, 5) is 26.5. The molecule has 2 N–H and O–H groups in total. The Bertz CT molecular complexity index is 1760. The van der Waals surface area contributed by atoms with Gasteiger partial charge in [-0.3, -0.25) is 9.59 Å². The molecule has 0 heterocycles. The second kappa shape index (κ2) is 36.7. The first-order chi connectivity index (χ1) is 36.7. The first kappa shape index (κ1) is 71.4. The molecular weight excluding hydrogens is 987 g/mol. The second-order valence-electron chi connectivity index (χ2n) is 28.2. The predicted molar refractivity (Wildman–Crippen MR) is 335 cm³/mol. The summed E-state index contributed by atoms with van der Waals surface area (Å²) >= 11 is 0. The Labute approximate surface area is 482 Å². The zero-order valence-corrected chi connectivity index (χ0v) is 54.5. The van der Waals surface area contributed by atoms with E-state index >= 15 is 4.20 Å². The summed E-state index contributed by atoms with van der Waals surface area (Å²) in [5.41, 5.74) is 3.39. The zero-order chi connectivity index (χ0) is 58.5.